The molecule has 64 heavy (non-hydrogen) atoms. The first-order chi connectivity index (χ1) is 30.6. The van der Waals surface area contributed by atoms with Gasteiger partial charge in [0.05, 0.1) is 0 Å². The Kier molecular flexibility index (Phi) is 10.8. The fourth-order valence-corrected chi connectivity index (χ4v) is 39.0. The minimum absolute atomic E-state index is 0.283. The van der Waals surface area contributed by atoms with Crippen LogP contribution in [-0.4, -0.2) is 5.43 Å². The molecule has 2 unspecified atom stereocenters. The maximum absolute atomic E-state index is 9.27. The molecular formula is C58H56Cl2O2SiZr. The summed E-state index contributed by atoms with van der Waals surface area (Å²) in [4.78, 5) is 0. The average Bonchev–Trinajstić information content (AvgIpc) is 4.09. The van der Waals surface area contributed by atoms with Crippen molar-refractivity contribution in [3.8, 4) is 22.3 Å². The third kappa shape index (κ3) is 6.40. The molecule has 2 aliphatic rings. The van der Waals surface area contributed by atoms with Crippen LogP contribution < -0.4 is 0 Å². The summed E-state index contributed by atoms with van der Waals surface area (Å²) in [6, 6.07) is 36.0. The van der Waals surface area contributed by atoms with E-state index in [0.717, 1.165) is 57.1 Å². The van der Waals surface area contributed by atoms with Crippen LogP contribution in [0, 0.1) is 41.5 Å². The van der Waals surface area contributed by atoms with Gasteiger partial charge in [0.2, 0.25) is 0 Å². The van der Waals surface area contributed by atoms with E-state index >= 15 is 0 Å². The van der Waals surface area contributed by atoms with Gasteiger partial charge in [0.1, 0.15) is 0 Å². The van der Waals surface area contributed by atoms with Crippen LogP contribution in [-0.2, 0) is 27.9 Å². The molecule has 2 atom stereocenters. The predicted molar refractivity (Wildman–Crippen MR) is 274 cm³/mol. The molecular weight excluding hydrogens is 919 g/mol. The standard InChI is InChI=1S/2C28H25O.C2H6Si.2ClH.Zr/c2*1-5-20-10-11-21-14-24(28-25-9-7-6-8-22(25)16-29-28)15-26(21)27(20)23-12-17(2)19(4)18(3)13-23;1-3-2;;;/h2*6-16H,5H2,1-4H3;1-2H3;2*1H;/q;;;;;+2/p-2. The van der Waals surface area contributed by atoms with Crippen LogP contribution in [0.1, 0.15) is 99.4 Å². The fraction of sp³-hybridized carbons (Fsp3) is 0.241. The molecule has 0 saturated carbocycles. The quantitative estimate of drug-likeness (QED) is 0.142. The third-order valence-corrected chi connectivity index (χ3v) is 61.6. The molecule has 0 aliphatic heterocycles. The number of furan rings is 2. The van der Waals surface area contributed by atoms with Gasteiger partial charge in [0.15, 0.2) is 0 Å². The second-order valence-corrected chi connectivity index (χ2v) is 57.7. The minimum atomic E-state index is -5.60. The number of hydrogen-bond acceptors (Lipinski definition) is 2. The topological polar surface area (TPSA) is 26.3 Å². The molecule has 0 amide bonds. The molecule has 10 rings (SSSR count). The summed E-state index contributed by atoms with van der Waals surface area (Å²) in [5.74, 6) is 1.73. The average molecular weight is 975 g/mol. The van der Waals surface area contributed by atoms with Gasteiger partial charge in [-0.25, -0.2) is 0 Å². The van der Waals surface area contributed by atoms with Crippen molar-refractivity contribution in [2.24, 2.45) is 0 Å². The Morgan fingerprint density at radius 1 is 0.531 bits per heavy atom. The third-order valence-electron chi connectivity index (χ3n) is 15.3. The van der Waals surface area contributed by atoms with Gasteiger partial charge in [0, 0.05) is 0 Å². The Labute approximate surface area is 386 Å². The molecule has 2 aromatic heterocycles. The van der Waals surface area contributed by atoms with E-state index in [1.54, 1.807) is 0 Å². The molecule has 0 N–H and O–H groups in total. The van der Waals surface area contributed by atoms with E-state index in [-0.39, 0.29) is 7.25 Å². The summed E-state index contributed by atoms with van der Waals surface area (Å²) < 4.78 is 13.0. The number of hydrogen-bond donors (Lipinski definition) is 0. The monoisotopic (exact) mass is 972 g/mol. The van der Waals surface area contributed by atoms with Crippen molar-refractivity contribution < 1.29 is 23.8 Å². The molecule has 0 saturated heterocycles. The van der Waals surface area contributed by atoms with Gasteiger partial charge in [0.25, 0.3) is 0 Å². The zero-order valence-electron chi connectivity index (χ0n) is 38.7. The molecule has 2 aliphatic carbocycles. The van der Waals surface area contributed by atoms with Crippen LogP contribution in [0.5, 0.6) is 0 Å². The SMILES string of the molecule is CCc1ccc2c(c1-c1cc(C)c(C)c(C)c1)C=C(c1occ3ccccc13)[CH]2[Zr]([Cl])([Cl])([CH]1C(c2occ3ccccc23)=Cc2c1ccc(CC)c2-c1cc(C)c(C)c(C)c1)=[Si](C)C. The van der Waals surface area contributed by atoms with Crippen LogP contribution in [0.15, 0.2) is 118 Å². The van der Waals surface area contributed by atoms with Crippen molar-refractivity contribution in [2.45, 2.75) is 88.6 Å². The van der Waals surface area contributed by atoms with E-state index in [0.29, 0.717) is 0 Å². The van der Waals surface area contributed by atoms with Crippen molar-refractivity contribution in [2.75, 3.05) is 0 Å². The predicted octanol–water partition coefficient (Wildman–Crippen LogP) is 17.6. The Balaban J connectivity index is 1.33. The summed E-state index contributed by atoms with van der Waals surface area (Å²) in [6.07, 6.45) is 10.5. The van der Waals surface area contributed by atoms with Crippen molar-refractivity contribution >= 4 is 67.3 Å². The summed E-state index contributed by atoms with van der Waals surface area (Å²) in [7, 11) is 18.5. The molecule has 322 valence electrons. The molecule has 0 bridgehead atoms. The summed E-state index contributed by atoms with van der Waals surface area (Å²) >= 11 is -5.60. The van der Waals surface area contributed by atoms with Crippen molar-refractivity contribution in [1.82, 2.24) is 0 Å². The van der Waals surface area contributed by atoms with Crippen LogP contribution in [0.3, 0.4) is 0 Å². The van der Waals surface area contributed by atoms with Gasteiger partial charge in [-0.2, -0.15) is 0 Å². The van der Waals surface area contributed by atoms with E-state index in [9.17, 15) is 17.0 Å². The molecule has 2 nitrogen and oxygen atoms in total. The first kappa shape index (κ1) is 43.5. The van der Waals surface area contributed by atoms with E-state index in [4.69, 9.17) is 8.83 Å². The van der Waals surface area contributed by atoms with Gasteiger partial charge in [-0.15, -0.1) is 0 Å². The molecule has 6 heteroatoms. The Morgan fingerprint density at radius 2 is 0.906 bits per heavy atom. The van der Waals surface area contributed by atoms with Gasteiger partial charge in [-0.1, -0.05) is 0 Å². The van der Waals surface area contributed by atoms with Crippen LogP contribution in [0.25, 0.3) is 67.1 Å². The fourth-order valence-electron chi connectivity index (χ4n) is 11.3. The molecule has 0 radical (unpaired) electrons. The van der Waals surface area contributed by atoms with Crippen LogP contribution >= 0.6 is 17.0 Å². The molecule has 6 aromatic carbocycles. The normalized spacial score (nSPS) is 16.1. The van der Waals surface area contributed by atoms with E-state index in [1.807, 2.05) is 12.5 Å². The van der Waals surface area contributed by atoms with E-state index in [2.05, 4.69) is 178 Å². The Hall–Kier alpha value is -4.44. The maximum atomic E-state index is 9.27. The van der Waals surface area contributed by atoms with Crippen molar-refractivity contribution in [3.05, 3.63) is 188 Å². The van der Waals surface area contributed by atoms with Crippen molar-refractivity contribution in [1.29, 1.82) is 0 Å². The number of halogens is 2. The number of allylic oxidation sites excluding steroid dienone is 2. The number of benzene rings is 6. The summed E-state index contributed by atoms with van der Waals surface area (Å²) in [6.45, 7) is 22.7. The number of fused-ring (bicyclic) bond motifs is 4. The van der Waals surface area contributed by atoms with Gasteiger partial charge >= 0.3 is 390 Å². The molecule has 0 fully saturated rings. The van der Waals surface area contributed by atoms with Gasteiger partial charge in [-0.3, -0.25) is 0 Å². The molecule has 8 aromatic rings. The second-order valence-electron chi connectivity index (χ2n) is 18.9. The van der Waals surface area contributed by atoms with Gasteiger partial charge in [-0.05, 0) is 0 Å². The van der Waals surface area contributed by atoms with E-state index < -0.39 is 20.4 Å². The first-order valence-corrected chi connectivity index (χ1v) is 38.2. The van der Waals surface area contributed by atoms with E-state index in [1.165, 1.54) is 89.0 Å². The van der Waals surface area contributed by atoms with Crippen LogP contribution in [0.4, 0.5) is 0 Å². The number of aryl methyl sites for hydroxylation is 6. The zero-order chi connectivity index (χ0) is 45.0. The van der Waals surface area contributed by atoms with Crippen molar-refractivity contribution in [3.63, 3.8) is 0 Å². The van der Waals surface area contributed by atoms with Gasteiger partial charge < -0.3 is 0 Å². The molecule has 2 heterocycles. The summed E-state index contributed by atoms with van der Waals surface area (Å²) in [5.41, 5.74) is 21.0. The Bertz CT molecular complexity index is 3160. The first-order valence-electron chi connectivity index (χ1n) is 22.9. The summed E-state index contributed by atoms with van der Waals surface area (Å²) in [5, 5.41) is 4.30. The second kappa shape index (κ2) is 15.9. The van der Waals surface area contributed by atoms with Crippen LogP contribution in [0.2, 0.25) is 13.1 Å². The zero-order valence-corrected chi connectivity index (χ0v) is 43.7. The molecule has 0 spiro atoms. The number of rotatable bonds is 8. The Morgan fingerprint density at radius 3 is 1.27 bits per heavy atom.